The van der Waals surface area contributed by atoms with Crippen LogP contribution in [0.4, 0.5) is 5.69 Å². The fourth-order valence-corrected chi connectivity index (χ4v) is 2.86. The third-order valence-electron chi connectivity index (χ3n) is 4.36. The van der Waals surface area contributed by atoms with Crippen molar-refractivity contribution in [2.24, 2.45) is 0 Å². The molecule has 4 aromatic rings. The predicted molar refractivity (Wildman–Crippen MR) is 106 cm³/mol. The quantitative estimate of drug-likeness (QED) is 0.557. The van der Waals surface area contributed by atoms with Crippen LogP contribution in [0.2, 0.25) is 0 Å². The number of nitrogens with zero attached hydrogens (tertiary/aromatic N) is 2. The van der Waals surface area contributed by atoms with Crippen LogP contribution in [0, 0.1) is 6.92 Å². The Balaban J connectivity index is 1.44. The van der Waals surface area contributed by atoms with Gasteiger partial charge in [0.15, 0.2) is 0 Å². The molecule has 0 radical (unpaired) electrons. The van der Waals surface area contributed by atoms with Gasteiger partial charge in [-0.25, -0.2) is 0 Å². The van der Waals surface area contributed by atoms with Crippen molar-refractivity contribution in [3.8, 4) is 11.4 Å². The standard InChI is InChI=1S/C21H18N4O3/c1-13-6-8-15(9-7-13)22-18(26)10-11-19-24-20(25-28-19)16-12-14-4-2-3-5-17(14)23-21(16)27/h2-9,12H,10-11H2,1H3,(H,22,26)(H,23,27). The number of rotatable bonds is 5. The van der Waals surface area contributed by atoms with E-state index in [4.69, 9.17) is 4.52 Å². The number of carbonyl (C=O) groups excluding carboxylic acids is 1. The van der Waals surface area contributed by atoms with Crippen LogP contribution in [-0.2, 0) is 11.2 Å². The molecule has 28 heavy (non-hydrogen) atoms. The minimum atomic E-state index is -0.289. The van der Waals surface area contributed by atoms with E-state index in [0.717, 1.165) is 22.2 Å². The lowest BCUT2D eigenvalue weighted by atomic mass is 10.1. The molecule has 7 heteroatoms. The van der Waals surface area contributed by atoms with Gasteiger partial charge in [0.05, 0.1) is 5.56 Å². The van der Waals surface area contributed by atoms with Crippen molar-refractivity contribution >= 4 is 22.5 Å². The predicted octanol–water partition coefficient (Wildman–Crippen LogP) is 3.46. The second kappa shape index (κ2) is 7.48. The molecule has 2 N–H and O–H groups in total. The maximum atomic E-state index is 12.3. The average Bonchev–Trinajstić information content (AvgIpc) is 3.16. The van der Waals surface area contributed by atoms with Crippen molar-refractivity contribution in [3.63, 3.8) is 0 Å². The van der Waals surface area contributed by atoms with Gasteiger partial charge in [-0.2, -0.15) is 4.98 Å². The molecule has 0 aliphatic rings. The molecule has 0 fully saturated rings. The van der Waals surface area contributed by atoms with Gasteiger partial charge in [0, 0.05) is 24.0 Å². The summed E-state index contributed by atoms with van der Waals surface area (Å²) in [5.41, 5.74) is 2.65. The Bertz CT molecular complexity index is 1190. The van der Waals surface area contributed by atoms with E-state index < -0.39 is 0 Å². The summed E-state index contributed by atoms with van der Waals surface area (Å²) >= 11 is 0. The van der Waals surface area contributed by atoms with Crippen LogP contribution < -0.4 is 10.9 Å². The van der Waals surface area contributed by atoms with Gasteiger partial charge in [0.25, 0.3) is 5.56 Å². The van der Waals surface area contributed by atoms with Crippen LogP contribution in [-0.4, -0.2) is 21.0 Å². The number of para-hydroxylation sites is 1. The molecule has 0 bridgehead atoms. The zero-order valence-corrected chi connectivity index (χ0v) is 15.2. The summed E-state index contributed by atoms with van der Waals surface area (Å²) in [7, 11) is 0. The smallest absolute Gasteiger partial charge is 0.259 e. The third kappa shape index (κ3) is 3.83. The van der Waals surface area contributed by atoms with Gasteiger partial charge in [-0.3, -0.25) is 9.59 Å². The lowest BCUT2D eigenvalue weighted by Gasteiger charge is -2.04. The van der Waals surface area contributed by atoms with Gasteiger partial charge in [-0.15, -0.1) is 0 Å². The SMILES string of the molecule is Cc1ccc(NC(=O)CCc2nc(-c3cc4ccccc4[nH]c3=O)no2)cc1. The lowest BCUT2D eigenvalue weighted by molar-refractivity contribution is -0.116. The molecule has 0 unspecified atom stereocenters. The first kappa shape index (κ1) is 17.7. The molecule has 140 valence electrons. The van der Waals surface area contributed by atoms with E-state index in [1.807, 2.05) is 55.5 Å². The molecular weight excluding hydrogens is 356 g/mol. The Labute approximate surface area is 160 Å². The number of carbonyl (C=O) groups is 1. The van der Waals surface area contributed by atoms with Crippen molar-refractivity contribution in [1.29, 1.82) is 0 Å². The van der Waals surface area contributed by atoms with E-state index in [0.29, 0.717) is 11.5 Å². The van der Waals surface area contributed by atoms with Gasteiger partial charge in [0.1, 0.15) is 0 Å². The molecule has 0 saturated heterocycles. The highest BCUT2D eigenvalue weighted by atomic mass is 16.5. The fourth-order valence-electron chi connectivity index (χ4n) is 2.86. The molecule has 2 aromatic heterocycles. The van der Waals surface area contributed by atoms with Gasteiger partial charge >= 0.3 is 0 Å². The van der Waals surface area contributed by atoms with E-state index in [9.17, 15) is 9.59 Å². The Morgan fingerprint density at radius 2 is 1.93 bits per heavy atom. The van der Waals surface area contributed by atoms with Crippen molar-refractivity contribution in [1.82, 2.24) is 15.1 Å². The molecule has 1 amide bonds. The van der Waals surface area contributed by atoms with Crippen molar-refractivity contribution in [2.45, 2.75) is 19.8 Å². The first-order valence-corrected chi connectivity index (χ1v) is 8.90. The second-order valence-electron chi connectivity index (χ2n) is 6.53. The Morgan fingerprint density at radius 1 is 1.14 bits per heavy atom. The monoisotopic (exact) mass is 374 g/mol. The number of aromatic amines is 1. The molecule has 2 heterocycles. The molecule has 0 aliphatic carbocycles. The van der Waals surface area contributed by atoms with Crippen molar-refractivity contribution in [3.05, 3.63) is 76.4 Å². The molecule has 0 aliphatic heterocycles. The molecular formula is C21H18N4O3. The summed E-state index contributed by atoms with van der Waals surface area (Å²) in [6, 6.07) is 16.8. The average molecular weight is 374 g/mol. The lowest BCUT2D eigenvalue weighted by Crippen LogP contribution is -2.12. The van der Waals surface area contributed by atoms with Gasteiger partial charge in [-0.05, 0) is 36.6 Å². The minimum Gasteiger partial charge on any atom is -0.339 e. The van der Waals surface area contributed by atoms with Crippen molar-refractivity contribution < 1.29 is 9.32 Å². The van der Waals surface area contributed by atoms with Crippen molar-refractivity contribution in [2.75, 3.05) is 5.32 Å². The topological polar surface area (TPSA) is 101 Å². The van der Waals surface area contributed by atoms with Gasteiger partial charge in [-0.1, -0.05) is 41.1 Å². The fraction of sp³-hybridized carbons (Fsp3) is 0.143. The Hall–Kier alpha value is -3.74. The maximum absolute atomic E-state index is 12.3. The van der Waals surface area contributed by atoms with Gasteiger partial charge in [0.2, 0.25) is 17.6 Å². The molecule has 7 nitrogen and oxygen atoms in total. The minimum absolute atomic E-state index is 0.146. The number of hydrogen-bond donors (Lipinski definition) is 2. The Kier molecular flexibility index (Phi) is 4.72. The largest absolute Gasteiger partial charge is 0.339 e. The van der Waals surface area contributed by atoms with Crippen LogP contribution in [0.1, 0.15) is 17.9 Å². The van der Waals surface area contributed by atoms with Crippen LogP contribution in [0.15, 0.2) is 63.9 Å². The number of pyridine rings is 1. The number of hydrogen-bond acceptors (Lipinski definition) is 5. The second-order valence-corrected chi connectivity index (χ2v) is 6.53. The van der Waals surface area contributed by atoms with E-state index in [1.165, 1.54) is 0 Å². The van der Waals surface area contributed by atoms with Gasteiger partial charge < -0.3 is 14.8 Å². The molecule has 0 saturated carbocycles. The van der Waals surface area contributed by atoms with Crippen LogP contribution >= 0.6 is 0 Å². The van der Waals surface area contributed by atoms with E-state index in [2.05, 4.69) is 20.4 Å². The maximum Gasteiger partial charge on any atom is 0.259 e. The molecule has 2 aromatic carbocycles. The van der Waals surface area contributed by atoms with E-state index >= 15 is 0 Å². The number of fused-ring (bicyclic) bond motifs is 1. The number of anilines is 1. The first-order valence-electron chi connectivity index (χ1n) is 8.90. The number of aryl methyl sites for hydroxylation is 2. The highest BCUT2D eigenvalue weighted by Gasteiger charge is 2.14. The summed E-state index contributed by atoms with van der Waals surface area (Å²) in [6.07, 6.45) is 0.486. The Morgan fingerprint density at radius 3 is 2.75 bits per heavy atom. The highest BCUT2D eigenvalue weighted by molar-refractivity contribution is 5.90. The number of H-pyrrole nitrogens is 1. The van der Waals surface area contributed by atoms with Crippen LogP contribution in [0.5, 0.6) is 0 Å². The molecule has 0 spiro atoms. The molecule has 0 atom stereocenters. The third-order valence-corrected chi connectivity index (χ3v) is 4.36. The summed E-state index contributed by atoms with van der Waals surface area (Å²) < 4.78 is 5.21. The summed E-state index contributed by atoms with van der Waals surface area (Å²) in [5.74, 6) is 0.370. The van der Waals surface area contributed by atoms with Crippen LogP contribution in [0.25, 0.3) is 22.3 Å². The number of amides is 1. The van der Waals surface area contributed by atoms with E-state index in [-0.39, 0.29) is 30.1 Å². The zero-order chi connectivity index (χ0) is 19.5. The normalized spacial score (nSPS) is 10.9. The van der Waals surface area contributed by atoms with Crippen LogP contribution in [0.3, 0.4) is 0 Å². The summed E-state index contributed by atoms with van der Waals surface area (Å²) in [6.45, 7) is 1.99. The summed E-state index contributed by atoms with van der Waals surface area (Å²) in [5, 5.41) is 7.59. The molecule has 4 rings (SSSR count). The number of nitrogens with one attached hydrogen (secondary N) is 2. The zero-order valence-electron chi connectivity index (χ0n) is 15.2. The number of benzene rings is 2. The number of aromatic nitrogens is 3. The highest BCUT2D eigenvalue weighted by Crippen LogP contribution is 2.17. The summed E-state index contributed by atoms with van der Waals surface area (Å²) in [4.78, 5) is 31.5. The first-order chi connectivity index (χ1) is 13.6. The van der Waals surface area contributed by atoms with E-state index in [1.54, 1.807) is 6.07 Å².